The van der Waals surface area contributed by atoms with Crippen molar-refractivity contribution in [1.82, 2.24) is 0 Å². The number of carboxylic acids is 2. The number of carboxylic acid groups (broad SMARTS) is 2. The van der Waals surface area contributed by atoms with E-state index in [0.717, 1.165) is 19.3 Å². The van der Waals surface area contributed by atoms with Crippen molar-refractivity contribution in [3.8, 4) is 0 Å². The van der Waals surface area contributed by atoms with Crippen LogP contribution in [-0.4, -0.2) is 22.2 Å². The van der Waals surface area contributed by atoms with Crippen LogP contribution in [0.3, 0.4) is 0 Å². The largest absolute Gasteiger partial charge is 1.00 e. The Morgan fingerprint density at radius 3 is 1.64 bits per heavy atom. The Morgan fingerprint density at radius 2 is 1.36 bits per heavy atom. The maximum Gasteiger partial charge on any atom is 1.00 e. The van der Waals surface area contributed by atoms with Crippen molar-refractivity contribution in [3.05, 3.63) is 0 Å². The first-order valence-corrected chi connectivity index (χ1v) is 4.57. The van der Waals surface area contributed by atoms with Crippen LogP contribution in [-0.2, 0) is 9.59 Å². The Labute approximate surface area is 105 Å². The molecule has 2 aliphatic rings. The summed E-state index contributed by atoms with van der Waals surface area (Å²) in [5, 5.41) is 17.8. The number of hydrogen-bond donors (Lipinski definition) is 2. The van der Waals surface area contributed by atoms with E-state index in [1.807, 2.05) is 0 Å². The maximum absolute atomic E-state index is 10.8. The minimum atomic E-state index is -0.931. The zero-order valence-electron chi connectivity index (χ0n) is 9.14. The molecule has 14 heavy (non-hydrogen) atoms. The first-order chi connectivity index (χ1) is 6.11. The first kappa shape index (κ1) is 12.0. The molecule has 2 saturated carbocycles. The molecule has 0 spiro atoms. The molecule has 0 aliphatic heterocycles. The van der Waals surface area contributed by atoms with E-state index in [1.165, 1.54) is 0 Å². The molecule has 74 valence electrons. The van der Waals surface area contributed by atoms with Gasteiger partial charge in [-0.15, -0.1) is 0 Å². The molecule has 0 aromatic rings. The van der Waals surface area contributed by atoms with Gasteiger partial charge in [-0.05, 0) is 31.1 Å². The minimum Gasteiger partial charge on any atom is -1.00 e. The second kappa shape index (κ2) is 4.21. The molecule has 2 bridgehead atoms. The van der Waals surface area contributed by atoms with Crippen LogP contribution in [0, 0.1) is 23.7 Å². The molecule has 5 heteroatoms. The zero-order chi connectivity index (χ0) is 9.59. The van der Waals surface area contributed by atoms with Crippen molar-refractivity contribution in [3.63, 3.8) is 0 Å². The third kappa shape index (κ3) is 1.71. The van der Waals surface area contributed by atoms with E-state index in [4.69, 9.17) is 10.2 Å². The average Bonchev–Trinajstić information content (AvgIpc) is 2.60. The fourth-order valence-electron chi connectivity index (χ4n) is 3.00. The van der Waals surface area contributed by atoms with Crippen molar-refractivity contribution < 1.29 is 50.8 Å². The Kier molecular flexibility index (Phi) is 3.61. The van der Waals surface area contributed by atoms with Gasteiger partial charge in [-0.2, -0.15) is 0 Å². The van der Waals surface area contributed by atoms with E-state index in [0.29, 0.717) is 0 Å². The summed E-state index contributed by atoms with van der Waals surface area (Å²) in [5.74, 6) is -2.89. The van der Waals surface area contributed by atoms with E-state index >= 15 is 0 Å². The summed E-state index contributed by atoms with van der Waals surface area (Å²) >= 11 is 0. The van der Waals surface area contributed by atoms with Crippen LogP contribution in [0.25, 0.3) is 0 Å². The van der Waals surface area contributed by atoms with Gasteiger partial charge in [-0.25, -0.2) is 0 Å². The average molecular weight is 208 g/mol. The molecule has 0 amide bonds. The summed E-state index contributed by atoms with van der Waals surface area (Å²) in [5.41, 5.74) is 0. The van der Waals surface area contributed by atoms with Gasteiger partial charge >= 0.3 is 41.5 Å². The Balaban J connectivity index is 0.000000980. The number of fused-ring (bicyclic) bond motifs is 2. The Morgan fingerprint density at radius 1 is 1.00 bits per heavy atom. The Bertz CT molecular complexity index is 245. The molecule has 0 radical (unpaired) electrons. The maximum atomic E-state index is 10.8. The van der Waals surface area contributed by atoms with E-state index in [9.17, 15) is 9.59 Å². The molecule has 0 aromatic heterocycles. The molecule has 2 aliphatic carbocycles. The van der Waals surface area contributed by atoms with Crippen molar-refractivity contribution in [1.29, 1.82) is 0 Å². The van der Waals surface area contributed by atoms with Crippen LogP contribution >= 0.6 is 0 Å². The van der Waals surface area contributed by atoms with Gasteiger partial charge in [0.15, 0.2) is 0 Å². The zero-order valence-corrected chi connectivity index (χ0v) is 10.1. The van der Waals surface area contributed by atoms with Crippen molar-refractivity contribution in [2.75, 3.05) is 0 Å². The van der Waals surface area contributed by atoms with E-state index in [-0.39, 0.29) is 42.8 Å². The molecular weight excluding hydrogens is 195 g/mol. The quantitative estimate of drug-likeness (QED) is 0.511. The minimum absolute atomic E-state index is 0. The molecule has 4 nitrogen and oxygen atoms in total. The van der Waals surface area contributed by atoms with Gasteiger partial charge in [0.05, 0.1) is 11.8 Å². The van der Waals surface area contributed by atoms with E-state index in [2.05, 4.69) is 0 Å². The normalized spacial score (nSPS) is 39.1. The monoisotopic (exact) mass is 208 g/mol. The van der Waals surface area contributed by atoms with Crippen LogP contribution in [0.5, 0.6) is 0 Å². The molecule has 2 fully saturated rings. The fraction of sp³-hybridized carbons (Fsp3) is 0.778. The molecule has 0 saturated heterocycles. The van der Waals surface area contributed by atoms with Gasteiger partial charge in [-0.3, -0.25) is 9.59 Å². The molecule has 0 aromatic carbocycles. The van der Waals surface area contributed by atoms with Gasteiger partial charge in [0.1, 0.15) is 0 Å². The summed E-state index contributed by atoms with van der Waals surface area (Å²) in [6, 6.07) is 0. The van der Waals surface area contributed by atoms with E-state index in [1.54, 1.807) is 0 Å². The van der Waals surface area contributed by atoms with Crippen LogP contribution in [0.4, 0.5) is 0 Å². The summed E-state index contributed by atoms with van der Waals surface area (Å²) in [4.78, 5) is 21.7. The molecular formula is C9H13NaO4. The number of aliphatic carboxylic acids is 2. The number of hydrogen-bond acceptors (Lipinski definition) is 2. The number of rotatable bonds is 2. The van der Waals surface area contributed by atoms with Crippen LogP contribution < -0.4 is 29.6 Å². The van der Waals surface area contributed by atoms with Gasteiger partial charge in [0, 0.05) is 0 Å². The predicted molar refractivity (Wildman–Crippen MR) is 44.2 cm³/mol. The fourth-order valence-corrected chi connectivity index (χ4v) is 3.00. The van der Waals surface area contributed by atoms with Crippen molar-refractivity contribution in [2.45, 2.75) is 19.3 Å². The van der Waals surface area contributed by atoms with Gasteiger partial charge < -0.3 is 11.6 Å². The standard InChI is InChI=1S/C9H12O4.Na.H/c10-8(11)6-4-1-2-5(3-4)7(6)9(12)13;;/h4-7H,1-3H2,(H,10,11)(H,12,13);;/q;+1;-1. The third-order valence-corrected chi connectivity index (χ3v) is 3.49. The summed E-state index contributed by atoms with van der Waals surface area (Å²) in [6.45, 7) is 0. The summed E-state index contributed by atoms with van der Waals surface area (Å²) in [6.07, 6.45) is 2.59. The van der Waals surface area contributed by atoms with Crippen LogP contribution in [0.15, 0.2) is 0 Å². The molecule has 4 unspecified atom stereocenters. The summed E-state index contributed by atoms with van der Waals surface area (Å²) < 4.78 is 0. The SMILES string of the molecule is O=C(O)C1C2CCC(C2)C1C(=O)O.[H-].[Na+]. The first-order valence-electron chi connectivity index (χ1n) is 4.57. The molecule has 2 rings (SSSR count). The molecule has 2 N–H and O–H groups in total. The molecule has 4 atom stereocenters. The Hall–Kier alpha value is -0.0600. The second-order valence-corrected chi connectivity index (χ2v) is 4.06. The van der Waals surface area contributed by atoms with Gasteiger partial charge in [0.2, 0.25) is 0 Å². The topological polar surface area (TPSA) is 74.6 Å². The summed E-state index contributed by atoms with van der Waals surface area (Å²) in [7, 11) is 0. The third-order valence-electron chi connectivity index (χ3n) is 3.49. The van der Waals surface area contributed by atoms with Crippen molar-refractivity contribution in [2.24, 2.45) is 23.7 Å². The van der Waals surface area contributed by atoms with Gasteiger partial charge in [-0.1, -0.05) is 0 Å². The second-order valence-electron chi connectivity index (χ2n) is 4.06. The predicted octanol–water partition coefficient (Wildman–Crippen LogP) is -2.07. The molecule has 0 heterocycles. The van der Waals surface area contributed by atoms with Crippen LogP contribution in [0.1, 0.15) is 20.7 Å². The van der Waals surface area contributed by atoms with E-state index < -0.39 is 23.8 Å². The van der Waals surface area contributed by atoms with Crippen molar-refractivity contribution >= 4 is 11.9 Å². The van der Waals surface area contributed by atoms with Crippen LogP contribution in [0.2, 0.25) is 0 Å². The number of carbonyl (C=O) groups is 2. The van der Waals surface area contributed by atoms with Gasteiger partial charge in [0.25, 0.3) is 0 Å². The smallest absolute Gasteiger partial charge is 1.00 e.